The Labute approximate surface area is 116 Å². The maximum atomic E-state index is 12.4. The summed E-state index contributed by atoms with van der Waals surface area (Å²) in [4.78, 5) is 12.4. The Morgan fingerprint density at radius 1 is 1.21 bits per heavy atom. The van der Waals surface area contributed by atoms with Crippen LogP contribution in [0, 0.1) is 5.92 Å². The zero-order chi connectivity index (χ0) is 14.3. The number of nitrogens with one attached hydrogen (secondary N) is 1. The van der Waals surface area contributed by atoms with Gasteiger partial charge in [-0.3, -0.25) is 4.79 Å². The van der Waals surface area contributed by atoms with Crippen molar-refractivity contribution in [3.05, 3.63) is 35.9 Å². The van der Waals surface area contributed by atoms with Gasteiger partial charge in [-0.15, -0.1) is 0 Å². The standard InChI is InChI=1S/C16H25NO2/c1-12(2)15(14-9-5-4-6-10-14)16(19)17-13(3)8-7-11-18/h4-6,9-10,12-13,15,18H,7-8,11H2,1-3H3,(H,17,19). The van der Waals surface area contributed by atoms with E-state index in [1.807, 2.05) is 37.3 Å². The molecule has 0 saturated heterocycles. The molecule has 1 aromatic rings. The van der Waals surface area contributed by atoms with Crippen LogP contribution in [0.1, 0.15) is 45.1 Å². The highest BCUT2D eigenvalue weighted by atomic mass is 16.2. The molecule has 0 saturated carbocycles. The van der Waals surface area contributed by atoms with Crippen molar-refractivity contribution in [1.82, 2.24) is 5.32 Å². The van der Waals surface area contributed by atoms with Gasteiger partial charge >= 0.3 is 0 Å². The van der Waals surface area contributed by atoms with E-state index in [1.54, 1.807) is 0 Å². The number of benzene rings is 1. The fourth-order valence-corrected chi connectivity index (χ4v) is 2.30. The Balaban J connectivity index is 2.69. The number of rotatable bonds is 7. The molecule has 3 heteroatoms. The van der Waals surface area contributed by atoms with Crippen molar-refractivity contribution >= 4 is 5.91 Å². The maximum absolute atomic E-state index is 12.4. The molecule has 2 unspecified atom stereocenters. The summed E-state index contributed by atoms with van der Waals surface area (Å²) in [6.07, 6.45) is 1.53. The summed E-state index contributed by atoms with van der Waals surface area (Å²) in [7, 11) is 0. The predicted octanol–water partition coefficient (Wildman–Crippen LogP) is 2.70. The topological polar surface area (TPSA) is 49.3 Å². The van der Waals surface area contributed by atoms with Crippen LogP contribution in [0.4, 0.5) is 0 Å². The summed E-state index contributed by atoms with van der Waals surface area (Å²) in [6.45, 7) is 6.29. The van der Waals surface area contributed by atoms with Crippen LogP contribution in [0.5, 0.6) is 0 Å². The summed E-state index contributed by atoms with van der Waals surface area (Å²) < 4.78 is 0. The summed E-state index contributed by atoms with van der Waals surface area (Å²) in [5.74, 6) is 0.219. The number of amides is 1. The van der Waals surface area contributed by atoms with Gasteiger partial charge in [0.25, 0.3) is 0 Å². The molecule has 0 bridgehead atoms. The van der Waals surface area contributed by atoms with Gasteiger partial charge in [0, 0.05) is 12.6 Å². The lowest BCUT2D eigenvalue weighted by Gasteiger charge is -2.23. The first-order valence-electron chi connectivity index (χ1n) is 7.02. The second-order valence-electron chi connectivity index (χ2n) is 5.41. The minimum Gasteiger partial charge on any atom is -0.396 e. The first-order chi connectivity index (χ1) is 9.06. The lowest BCUT2D eigenvalue weighted by molar-refractivity contribution is -0.124. The molecular weight excluding hydrogens is 238 g/mol. The molecule has 0 aliphatic carbocycles. The lowest BCUT2D eigenvalue weighted by Crippen LogP contribution is -2.38. The van der Waals surface area contributed by atoms with E-state index in [4.69, 9.17) is 5.11 Å². The Kier molecular flexibility index (Phi) is 6.57. The smallest absolute Gasteiger partial charge is 0.228 e. The second kappa shape index (κ2) is 7.95. The van der Waals surface area contributed by atoms with Gasteiger partial charge in [-0.25, -0.2) is 0 Å². The molecule has 0 radical (unpaired) electrons. The van der Waals surface area contributed by atoms with Gasteiger partial charge in [0.2, 0.25) is 5.91 Å². The van der Waals surface area contributed by atoms with E-state index in [1.165, 1.54) is 0 Å². The van der Waals surface area contributed by atoms with Gasteiger partial charge in [-0.1, -0.05) is 44.2 Å². The highest BCUT2D eigenvalue weighted by Gasteiger charge is 2.24. The molecule has 0 aliphatic rings. The molecule has 3 nitrogen and oxygen atoms in total. The van der Waals surface area contributed by atoms with Crippen molar-refractivity contribution in [3.63, 3.8) is 0 Å². The van der Waals surface area contributed by atoms with E-state index in [0.717, 1.165) is 18.4 Å². The van der Waals surface area contributed by atoms with E-state index >= 15 is 0 Å². The lowest BCUT2D eigenvalue weighted by atomic mass is 9.87. The van der Waals surface area contributed by atoms with Crippen LogP contribution >= 0.6 is 0 Å². The largest absolute Gasteiger partial charge is 0.396 e. The van der Waals surface area contributed by atoms with Crippen LogP contribution < -0.4 is 5.32 Å². The molecule has 2 N–H and O–H groups in total. The van der Waals surface area contributed by atoms with Crippen molar-refractivity contribution in [2.45, 2.75) is 45.6 Å². The highest BCUT2D eigenvalue weighted by molar-refractivity contribution is 5.84. The van der Waals surface area contributed by atoms with Crippen molar-refractivity contribution in [2.75, 3.05) is 6.61 Å². The van der Waals surface area contributed by atoms with Gasteiger partial charge in [0.1, 0.15) is 0 Å². The number of hydrogen-bond donors (Lipinski definition) is 2. The summed E-state index contributed by atoms with van der Waals surface area (Å²) in [5, 5.41) is 11.9. The molecule has 19 heavy (non-hydrogen) atoms. The molecule has 1 amide bonds. The van der Waals surface area contributed by atoms with Crippen LogP contribution in [0.25, 0.3) is 0 Å². The first kappa shape index (κ1) is 15.7. The number of aliphatic hydroxyl groups is 1. The second-order valence-corrected chi connectivity index (χ2v) is 5.41. The first-order valence-corrected chi connectivity index (χ1v) is 7.02. The van der Waals surface area contributed by atoms with E-state index < -0.39 is 0 Å². The molecule has 1 rings (SSSR count). The molecule has 106 valence electrons. The third kappa shape index (κ3) is 5.03. The summed E-state index contributed by atoms with van der Waals surface area (Å²) >= 11 is 0. The van der Waals surface area contributed by atoms with Crippen molar-refractivity contribution in [2.24, 2.45) is 5.92 Å². The Morgan fingerprint density at radius 3 is 2.37 bits per heavy atom. The molecule has 0 spiro atoms. The molecule has 2 atom stereocenters. The van der Waals surface area contributed by atoms with Crippen LogP contribution in [-0.2, 0) is 4.79 Å². The number of hydrogen-bond acceptors (Lipinski definition) is 2. The van der Waals surface area contributed by atoms with Crippen molar-refractivity contribution < 1.29 is 9.90 Å². The summed E-state index contributed by atoms with van der Waals surface area (Å²) in [6, 6.07) is 10.00. The molecule has 0 aliphatic heterocycles. The van der Waals surface area contributed by atoms with Gasteiger partial charge < -0.3 is 10.4 Å². The highest BCUT2D eigenvalue weighted by Crippen LogP contribution is 2.24. The Hall–Kier alpha value is -1.35. The third-order valence-electron chi connectivity index (χ3n) is 3.29. The molecular formula is C16H25NO2. The number of aliphatic hydroxyl groups excluding tert-OH is 1. The molecule has 1 aromatic carbocycles. The van der Waals surface area contributed by atoms with Crippen LogP contribution in [0.15, 0.2) is 30.3 Å². The number of carbonyl (C=O) groups excluding carboxylic acids is 1. The summed E-state index contributed by atoms with van der Waals surface area (Å²) in [5.41, 5.74) is 1.06. The minimum absolute atomic E-state index is 0.0756. The van der Waals surface area contributed by atoms with Gasteiger partial charge in [-0.2, -0.15) is 0 Å². The zero-order valence-electron chi connectivity index (χ0n) is 12.1. The Bertz CT molecular complexity index is 376. The SMILES string of the molecule is CC(CCCO)NC(=O)C(c1ccccc1)C(C)C. The number of carbonyl (C=O) groups is 1. The average molecular weight is 263 g/mol. The van der Waals surface area contributed by atoms with Crippen LogP contribution in [0.3, 0.4) is 0 Å². The normalized spacial score (nSPS) is 14.2. The van der Waals surface area contributed by atoms with E-state index in [2.05, 4.69) is 19.2 Å². The fraction of sp³-hybridized carbons (Fsp3) is 0.562. The zero-order valence-corrected chi connectivity index (χ0v) is 12.1. The monoisotopic (exact) mass is 263 g/mol. The van der Waals surface area contributed by atoms with Gasteiger partial charge in [-0.05, 0) is 31.2 Å². The average Bonchev–Trinajstić information content (AvgIpc) is 2.37. The van der Waals surface area contributed by atoms with Crippen LogP contribution in [0.2, 0.25) is 0 Å². The minimum atomic E-state index is -0.113. The fourth-order valence-electron chi connectivity index (χ4n) is 2.30. The van der Waals surface area contributed by atoms with Gasteiger partial charge in [0.15, 0.2) is 0 Å². The molecule has 0 heterocycles. The third-order valence-corrected chi connectivity index (χ3v) is 3.29. The van der Waals surface area contributed by atoms with Crippen molar-refractivity contribution in [3.8, 4) is 0 Å². The van der Waals surface area contributed by atoms with E-state index in [-0.39, 0.29) is 30.4 Å². The van der Waals surface area contributed by atoms with E-state index in [9.17, 15) is 4.79 Å². The Morgan fingerprint density at radius 2 is 1.84 bits per heavy atom. The molecule has 0 fully saturated rings. The quantitative estimate of drug-likeness (QED) is 0.794. The molecule has 0 aromatic heterocycles. The maximum Gasteiger partial charge on any atom is 0.228 e. The van der Waals surface area contributed by atoms with Gasteiger partial charge in [0.05, 0.1) is 5.92 Å². The predicted molar refractivity (Wildman–Crippen MR) is 77.9 cm³/mol. The van der Waals surface area contributed by atoms with Crippen LogP contribution in [-0.4, -0.2) is 23.7 Å². The van der Waals surface area contributed by atoms with E-state index in [0.29, 0.717) is 0 Å². The van der Waals surface area contributed by atoms with Crippen molar-refractivity contribution in [1.29, 1.82) is 0 Å².